The summed E-state index contributed by atoms with van der Waals surface area (Å²) in [6.45, 7) is 14.8. The lowest BCUT2D eigenvalue weighted by molar-refractivity contribution is -0.401. The minimum Gasteiger partial charge on any atom is -0.443 e. The normalized spacial score (nSPS) is 21.1. The molecule has 220 valence electrons. The molecular formula is C37H46N3O2+. The van der Waals surface area contributed by atoms with Gasteiger partial charge in [-0.3, -0.25) is 4.90 Å². The van der Waals surface area contributed by atoms with Crippen molar-refractivity contribution in [3.8, 4) is 0 Å². The van der Waals surface area contributed by atoms with Crippen LogP contribution >= 0.6 is 0 Å². The van der Waals surface area contributed by atoms with Crippen LogP contribution in [-0.2, 0) is 15.6 Å². The van der Waals surface area contributed by atoms with Crippen LogP contribution in [0.4, 0.5) is 16.2 Å². The summed E-state index contributed by atoms with van der Waals surface area (Å²) in [6.07, 6.45) is 10.3. The van der Waals surface area contributed by atoms with Crippen LogP contribution in [0.25, 0.3) is 0 Å². The molecule has 2 heterocycles. The maximum Gasteiger partial charge on any atom is 0.414 e. The van der Waals surface area contributed by atoms with Gasteiger partial charge in [-0.1, -0.05) is 62.4 Å². The Kier molecular flexibility index (Phi) is 7.37. The van der Waals surface area contributed by atoms with E-state index in [1.165, 1.54) is 33.9 Å². The summed E-state index contributed by atoms with van der Waals surface area (Å²) in [4.78, 5) is 17.3. The Morgan fingerprint density at radius 3 is 2.21 bits per heavy atom. The number of hydrogen-bond donors (Lipinski definition) is 0. The van der Waals surface area contributed by atoms with E-state index in [0.717, 1.165) is 29.7 Å². The van der Waals surface area contributed by atoms with Gasteiger partial charge in [-0.05, 0) is 76.3 Å². The first-order valence-corrected chi connectivity index (χ1v) is 15.0. The lowest BCUT2D eigenvalue weighted by Gasteiger charge is -2.27. The third-order valence-corrected chi connectivity index (χ3v) is 9.04. The first kappa shape index (κ1) is 29.6. The maximum atomic E-state index is 13.3. The second kappa shape index (κ2) is 10.4. The molecule has 0 atom stereocenters. The number of amides is 1. The summed E-state index contributed by atoms with van der Waals surface area (Å²) in [6, 6.07) is 17.2. The van der Waals surface area contributed by atoms with E-state index in [1.54, 1.807) is 4.90 Å². The van der Waals surface area contributed by atoms with Crippen molar-refractivity contribution in [2.45, 2.75) is 77.7 Å². The first-order valence-electron chi connectivity index (χ1n) is 15.0. The first-order chi connectivity index (χ1) is 19.6. The van der Waals surface area contributed by atoms with Crippen LogP contribution in [0.2, 0.25) is 0 Å². The van der Waals surface area contributed by atoms with Gasteiger partial charge in [0.15, 0.2) is 5.71 Å². The van der Waals surface area contributed by atoms with Crippen LogP contribution in [0, 0.1) is 0 Å². The SMILES string of the molecule is CN(C(=O)OC(C)(C)C)C1=C(C=CC2=[N+](C)c3ccccc3C2(C)C)CCC1=CC=C1N(C)c2ccccc2C1(C)C. The minimum atomic E-state index is -0.576. The number of rotatable bonds is 4. The maximum absolute atomic E-state index is 13.3. The smallest absolute Gasteiger partial charge is 0.414 e. The van der Waals surface area contributed by atoms with Crippen molar-refractivity contribution in [1.82, 2.24) is 4.90 Å². The molecule has 0 radical (unpaired) electrons. The molecule has 0 fully saturated rings. The van der Waals surface area contributed by atoms with Gasteiger partial charge in [0.2, 0.25) is 5.69 Å². The van der Waals surface area contributed by atoms with Gasteiger partial charge in [0, 0.05) is 48.6 Å². The fourth-order valence-electron chi connectivity index (χ4n) is 6.85. The standard InChI is InChI=1S/C37H46N3O2/c1-35(2,3)42-34(41)40(10)33-25(21-23-31-36(4,5)27-15-11-13-17-29(27)38(31)8)19-20-26(33)22-24-32-37(6,7)28-16-12-14-18-30(28)39(32)9/h11-18,21-24H,19-20H2,1-10H3/q+1. The average molecular weight is 565 g/mol. The van der Waals surface area contributed by atoms with Crippen LogP contribution in [0.1, 0.15) is 72.4 Å². The average Bonchev–Trinajstić information content (AvgIpc) is 3.47. The Bertz CT molecular complexity index is 1590. The van der Waals surface area contributed by atoms with E-state index in [4.69, 9.17) is 4.74 Å². The van der Waals surface area contributed by atoms with E-state index < -0.39 is 5.60 Å². The molecule has 5 nitrogen and oxygen atoms in total. The number of para-hydroxylation sites is 2. The molecule has 0 aromatic heterocycles. The Morgan fingerprint density at radius 2 is 1.57 bits per heavy atom. The van der Waals surface area contributed by atoms with E-state index in [2.05, 4.69) is 124 Å². The number of nitrogens with zero attached hydrogens (tertiary/aromatic N) is 3. The molecular weight excluding hydrogens is 518 g/mol. The molecule has 2 aliphatic heterocycles. The van der Waals surface area contributed by atoms with Crippen LogP contribution in [0.3, 0.4) is 0 Å². The number of allylic oxidation sites excluding steroid dienone is 7. The lowest BCUT2D eigenvalue weighted by atomic mass is 9.81. The second-order valence-electron chi connectivity index (χ2n) is 13.8. The summed E-state index contributed by atoms with van der Waals surface area (Å²) in [5.74, 6) is 0. The van der Waals surface area contributed by atoms with E-state index >= 15 is 0 Å². The van der Waals surface area contributed by atoms with E-state index in [1.807, 2.05) is 27.8 Å². The number of hydrogen-bond acceptors (Lipinski definition) is 3. The molecule has 0 saturated heterocycles. The molecule has 1 aliphatic carbocycles. The van der Waals surface area contributed by atoms with Crippen LogP contribution in [0.5, 0.6) is 0 Å². The number of carbonyl (C=O) groups excluding carboxylic acids is 1. The largest absolute Gasteiger partial charge is 0.443 e. The summed E-state index contributed by atoms with van der Waals surface area (Å²) >= 11 is 0. The van der Waals surface area contributed by atoms with E-state index in [0.29, 0.717) is 0 Å². The van der Waals surface area contributed by atoms with Gasteiger partial charge in [0.1, 0.15) is 12.6 Å². The monoisotopic (exact) mass is 564 g/mol. The van der Waals surface area contributed by atoms with Gasteiger partial charge in [0.05, 0.1) is 11.1 Å². The Hall–Kier alpha value is -3.86. The molecule has 5 heteroatoms. The van der Waals surface area contributed by atoms with Crippen molar-refractivity contribution in [2.75, 3.05) is 26.0 Å². The van der Waals surface area contributed by atoms with Crippen molar-refractivity contribution in [3.05, 3.63) is 107 Å². The highest BCUT2D eigenvalue weighted by Gasteiger charge is 2.43. The number of benzene rings is 2. The predicted octanol–water partition coefficient (Wildman–Crippen LogP) is 8.40. The number of carbonyl (C=O) groups is 1. The van der Waals surface area contributed by atoms with Crippen molar-refractivity contribution < 1.29 is 14.1 Å². The van der Waals surface area contributed by atoms with Crippen molar-refractivity contribution in [2.24, 2.45) is 0 Å². The molecule has 1 amide bonds. The Morgan fingerprint density at radius 1 is 0.929 bits per heavy atom. The number of fused-ring (bicyclic) bond motifs is 2. The van der Waals surface area contributed by atoms with Gasteiger partial charge < -0.3 is 9.64 Å². The lowest BCUT2D eigenvalue weighted by Crippen LogP contribution is -2.34. The molecule has 2 aromatic carbocycles. The molecule has 2 aromatic rings. The van der Waals surface area contributed by atoms with E-state index in [9.17, 15) is 4.79 Å². The zero-order valence-electron chi connectivity index (χ0n) is 27.0. The van der Waals surface area contributed by atoms with Gasteiger partial charge in [-0.2, -0.15) is 4.58 Å². The molecule has 0 bridgehead atoms. The van der Waals surface area contributed by atoms with Gasteiger partial charge in [-0.15, -0.1) is 0 Å². The molecule has 3 aliphatic rings. The van der Waals surface area contributed by atoms with Gasteiger partial charge in [-0.25, -0.2) is 4.79 Å². The quantitative estimate of drug-likeness (QED) is 0.350. The molecule has 5 rings (SSSR count). The van der Waals surface area contributed by atoms with Crippen molar-refractivity contribution in [1.29, 1.82) is 0 Å². The molecule has 0 saturated carbocycles. The molecule has 0 spiro atoms. The summed E-state index contributed by atoms with van der Waals surface area (Å²) in [7, 11) is 6.11. The highest BCUT2D eigenvalue weighted by atomic mass is 16.6. The Balaban J connectivity index is 1.56. The fraction of sp³-hybridized carbons (Fsp3) is 0.405. The minimum absolute atomic E-state index is 0.116. The third-order valence-electron chi connectivity index (χ3n) is 9.04. The number of likely N-dealkylation sites (N-methyl/N-ethyl adjacent to an activating group) is 2. The summed E-state index contributed by atoms with van der Waals surface area (Å²) < 4.78 is 8.10. The summed E-state index contributed by atoms with van der Waals surface area (Å²) in [5, 5.41) is 0. The zero-order chi connectivity index (χ0) is 30.6. The second-order valence-corrected chi connectivity index (χ2v) is 13.8. The predicted molar refractivity (Wildman–Crippen MR) is 174 cm³/mol. The van der Waals surface area contributed by atoms with Gasteiger partial charge >= 0.3 is 6.09 Å². The molecule has 0 N–H and O–H groups in total. The fourth-order valence-corrected chi connectivity index (χ4v) is 6.85. The third kappa shape index (κ3) is 5.04. The molecule has 42 heavy (non-hydrogen) atoms. The highest BCUT2D eigenvalue weighted by Crippen LogP contribution is 2.47. The van der Waals surface area contributed by atoms with Gasteiger partial charge in [0.25, 0.3) is 0 Å². The van der Waals surface area contributed by atoms with Crippen LogP contribution in [-0.4, -0.2) is 48.0 Å². The Labute approximate surface area is 252 Å². The van der Waals surface area contributed by atoms with Crippen molar-refractivity contribution >= 4 is 23.2 Å². The summed E-state index contributed by atoms with van der Waals surface area (Å²) in [5.41, 5.74) is 10.0. The highest BCUT2D eigenvalue weighted by molar-refractivity contribution is 6.03. The number of ether oxygens (including phenoxy) is 1. The number of anilines is 1. The topological polar surface area (TPSA) is 35.8 Å². The van der Waals surface area contributed by atoms with Crippen molar-refractivity contribution in [3.63, 3.8) is 0 Å². The van der Waals surface area contributed by atoms with Crippen LogP contribution in [0.15, 0.2) is 95.4 Å². The molecule has 0 unspecified atom stereocenters. The van der Waals surface area contributed by atoms with Crippen LogP contribution < -0.4 is 4.90 Å². The zero-order valence-corrected chi connectivity index (χ0v) is 27.0. The van der Waals surface area contributed by atoms with E-state index in [-0.39, 0.29) is 16.9 Å².